The molecule has 6 nitrogen and oxygen atoms in total. The molecule has 1 aromatic heterocycles. The number of hydrogen-bond donors (Lipinski definition) is 1. The number of benzene rings is 1. The number of carbonyl (C=O) groups is 3. The largest absolute Gasteiger partial charge is 0.456 e. The SMILES string of the molecule is CN(Cc1ccsc1)C(=O)COC(=O)C[C@@H]1Sc2ccccc2NC1=O. The summed E-state index contributed by atoms with van der Waals surface area (Å²) in [6, 6.07) is 9.36. The average molecular weight is 390 g/mol. The number of ether oxygens (including phenoxy) is 1. The van der Waals surface area contributed by atoms with Crippen LogP contribution in [0.3, 0.4) is 0 Å². The van der Waals surface area contributed by atoms with E-state index in [1.807, 2.05) is 41.1 Å². The Bertz CT molecular complexity index is 807. The average Bonchev–Trinajstić information content (AvgIpc) is 3.13. The maximum absolute atomic E-state index is 12.1. The monoisotopic (exact) mass is 390 g/mol. The number of hydrogen-bond acceptors (Lipinski definition) is 6. The minimum atomic E-state index is -0.561. The van der Waals surface area contributed by atoms with E-state index in [9.17, 15) is 14.4 Å². The first kappa shape index (κ1) is 18.5. The van der Waals surface area contributed by atoms with E-state index in [1.165, 1.54) is 16.7 Å². The minimum absolute atomic E-state index is 0.0770. The Balaban J connectivity index is 1.47. The van der Waals surface area contributed by atoms with Crippen LogP contribution in [0.15, 0.2) is 46.0 Å². The number of nitrogens with one attached hydrogen (secondary N) is 1. The summed E-state index contributed by atoms with van der Waals surface area (Å²) >= 11 is 2.89. The Morgan fingerprint density at radius 3 is 2.85 bits per heavy atom. The molecule has 0 unspecified atom stereocenters. The number of esters is 1. The predicted octanol–water partition coefficient (Wildman–Crippen LogP) is 2.75. The first-order valence-electron chi connectivity index (χ1n) is 8.00. The van der Waals surface area contributed by atoms with Gasteiger partial charge in [-0.1, -0.05) is 12.1 Å². The van der Waals surface area contributed by atoms with Crippen molar-refractivity contribution in [1.29, 1.82) is 0 Å². The van der Waals surface area contributed by atoms with Crippen LogP contribution in [0.25, 0.3) is 0 Å². The molecule has 2 heterocycles. The molecule has 1 aliphatic rings. The highest BCUT2D eigenvalue weighted by Crippen LogP contribution is 2.36. The lowest BCUT2D eigenvalue weighted by Crippen LogP contribution is -2.33. The molecule has 1 aromatic carbocycles. The number of fused-ring (bicyclic) bond motifs is 1. The number of carbonyl (C=O) groups excluding carboxylic acids is 3. The Kier molecular flexibility index (Phi) is 5.95. The molecule has 8 heteroatoms. The van der Waals surface area contributed by atoms with Gasteiger partial charge >= 0.3 is 5.97 Å². The van der Waals surface area contributed by atoms with Gasteiger partial charge in [0, 0.05) is 18.5 Å². The molecular formula is C18H18N2O4S2. The van der Waals surface area contributed by atoms with Crippen LogP contribution in [-0.4, -0.2) is 41.6 Å². The van der Waals surface area contributed by atoms with E-state index in [0.717, 1.165) is 16.1 Å². The molecule has 0 saturated carbocycles. The molecule has 1 aliphatic heterocycles. The molecule has 0 saturated heterocycles. The fraction of sp³-hybridized carbons (Fsp3) is 0.278. The first-order valence-corrected chi connectivity index (χ1v) is 9.82. The second-order valence-corrected chi connectivity index (χ2v) is 7.86. The van der Waals surface area contributed by atoms with Gasteiger partial charge in [0.05, 0.1) is 17.4 Å². The number of amides is 2. The summed E-state index contributed by atoms with van der Waals surface area (Å²) < 4.78 is 5.06. The van der Waals surface area contributed by atoms with Crippen LogP contribution in [0, 0.1) is 0 Å². The molecule has 26 heavy (non-hydrogen) atoms. The van der Waals surface area contributed by atoms with Gasteiger partial charge in [-0.2, -0.15) is 11.3 Å². The Hall–Kier alpha value is -2.32. The summed E-state index contributed by atoms with van der Waals surface area (Å²) in [4.78, 5) is 38.6. The highest BCUT2D eigenvalue weighted by atomic mass is 32.2. The third-order valence-corrected chi connectivity index (χ3v) is 5.85. The van der Waals surface area contributed by atoms with Crippen molar-refractivity contribution in [3.63, 3.8) is 0 Å². The molecule has 0 spiro atoms. The molecule has 2 amide bonds. The van der Waals surface area contributed by atoms with Crippen LogP contribution >= 0.6 is 23.1 Å². The second-order valence-electron chi connectivity index (χ2n) is 5.84. The van der Waals surface area contributed by atoms with E-state index < -0.39 is 11.2 Å². The van der Waals surface area contributed by atoms with Gasteiger partial charge in [-0.25, -0.2) is 0 Å². The highest BCUT2D eigenvalue weighted by Gasteiger charge is 2.29. The van der Waals surface area contributed by atoms with Crippen LogP contribution in [0.1, 0.15) is 12.0 Å². The van der Waals surface area contributed by atoms with Crippen LogP contribution < -0.4 is 5.32 Å². The number of para-hydroxylation sites is 1. The second kappa shape index (κ2) is 8.37. The van der Waals surface area contributed by atoms with Crippen molar-refractivity contribution in [2.75, 3.05) is 19.0 Å². The molecule has 2 aromatic rings. The zero-order valence-electron chi connectivity index (χ0n) is 14.1. The third kappa shape index (κ3) is 4.64. The number of thiophene rings is 1. The zero-order chi connectivity index (χ0) is 18.5. The van der Waals surface area contributed by atoms with Crippen molar-refractivity contribution < 1.29 is 19.1 Å². The normalized spacial score (nSPS) is 15.7. The molecule has 0 aliphatic carbocycles. The Labute approximate surface area is 159 Å². The van der Waals surface area contributed by atoms with Crippen LogP contribution in [0.4, 0.5) is 5.69 Å². The highest BCUT2D eigenvalue weighted by molar-refractivity contribution is 8.01. The summed E-state index contributed by atoms with van der Waals surface area (Å²) in [5.41, 5.74) is 1.78. The first-order chi connectivity index (χ1) is 12.5. The van der Waals surface area contributed by atoms with Crippen LogP contribution in [0.5, 0.6) is 0 Å². The quantitative estimate of drug-likeness (QED) is 0.768. The number of likely N-dealkylation sites (N-methyl/N-ethyl adjacent to an activating group) is 1. The summed E-state index contributed by atoms with van der Waals surface area (Å²) in [6.45, 7) is 0.145. The van der Waals surface area contributed by atoms with E-state index in [0.29, 0.717) is 6.54 Å². The van der Waals surface area contributed by atoms with Crippen molar-refractivity contribution in [2.45, 2.75) is 23.1 Å². The van der Waals surface area contributed by atoms with Gasteiger partial charge < -0.3 is 15.0 Å². The molecule has 136 valence electrons. The van der Waals surface area contributed by atoms with Crippen LogP contribution in [-0.2, 0) is 25.7 Å². The van der Waals surface area contributed by atoms with Gasteiger partial charge in [-0.15, -0.1) is 11.8 Å². The van der Waals surface area contributed by atoms with Crippen molar-refractivity contribution in [3.8, 4) is 0 Å². The maximum atomic E-state index is 12.1. The van der Waals surface area contributed by atoms with E-state index in [1.54, 1.807) is 18.4 Å². The van der Waals surface area contributed by atoms with Gasteiger partial charge in [0.1, 0.15) is 0 Å². The smallest absolute Gasteiger partial charge is 0.307 e. The van der Waals surface area contributed by atoms with E-state index in [2.05, 4.69) is 5.32 Å². The fourth-order valence-corrected chi connectivity index (χ4v) is 4.19. The lowest BCUT2D eigenvalue weighted by atomic mass is 10.2. The summed E-state index contributed by atoms with van der Waals surface area (Å²) in [5, 5.41) is 6.13. The molecule has 0 bridgehead atoms. The predicted molar refractivity (Wildman–Crippen MR) is 101 cm³/mol. The van der Waals surface area contributed by atoms with Crippen LogP contribution in [0.2, 0.25) is 0 Å². The number of rotatable bonds is 6. The molecule has 1 N–H and O–H groups in total. The lowest BCUT2D eigenvalue weighted by molar-refractivity contribution is -0.152. The van der Waals surface area contributed by atoms with Gasteiger partial charge in [0.2, 0.25) is 5.91 Å². The summed E-state index contributed by atoms with van der Waals surface area (Å²) in [5.74, 6) is -1.07. The van der Waals surface area contributed by atoms with Crippen molar-refractivity contribution in [1.82, 2.24) is 4.90 Å². The van der Waals surface area contributed by atoms with Gasteiger partial charge in [0.15, 0.2) is 6.61 Å². The Morgan fingerprint density at radius 1 is 1.27 bits per heavy atom. The minimum Gasteiger partial charge on any atom is -0.456 e. The van der Waals surface area contributed by atoms with Gasteiger partial charge in [-0.05, 0) is 34.5 Å². The fourth-order valence-electron chi connectivity index (χ4n) is 2.43. The van der Waals surface area contributed by atoms with Crippen molar-refractivity contribution in [3.05, 3.63) is 46.7 Å². The van der Waals surface area contributed by atoms with Gasteiger partial charge in [-0.3, -0.25) is 14.4 Å². The molecular weight excluding hydrogens is 372 g/mol. The van der Waals surface area contributed by atoms with Crippen molar-refractivity contribution in [2.24, 2.45) is 0 Å². The number of thioether (sulfide) groups is 1. The summed E-state index contributed by atoms with van der Waals surface area (Å²) in [6.07, 6.45) is -0.0770. The van der Waals surface area contributed by atoms with Crippen molar-refractivity contribution >= 4 is 46.6 Å². The number of anilines is 1. The third-order valence-electron chi connectivity index (χ3n) is 3.84. The topological polar surface area (TPSA) is 75.7 Å². The van der Waals surface area contributed by atoms with E-state index >= 15 is 0 Å². The molecule has 3 rings (SSSR count). The standard InChI is InChI=1S/C18H18N2O4S2/c1-20(9-12-6-7-25-11-12)16(21)10-24-17(22)8-15-18(23)19-13-4-2-3-5-14(13)26-15/h2-7,11,15H,8-10H2,1H3,(H,19,23)/t15-/m0/s1. The zero-order valence-corrected chi connectivity index (χ0v) is 15.8. The molecule has 1 atom stereocenters. The number of nitrogens with zero attached hydrogens (tertiary/aromatic N) is 1. The molecule has 0 radical (unpaired) electrons. The van der Waals surface area contributed by atoms with E-state index in [-0.39, 0.29) is 24.8 Å². The Morgan fingerprint density at radius 2 is 2.08 bits per heavy atom. The lowest BCUT2D eigenvalue weighted by Gasteiger charge is -2.23. The molecule has 0 fully saturated rings. The van der Waals surface area contributed by atoms with Gasteiger partial charge in [0.25, 0.3) is 5.91 Å². The summed E-state index contributed by atoms with van der Waals surface area (Å²) in [7, 11) is 1.66. The maximum Gasteiger partial charge on any atom is 0.307 e. The van der Waals surface area contributed by atoms with E-state index in [4.69, 9.17) is 4.74 Å².